The fraction of sp³-hybridized carbons (Fsp3) is 0.222. The van der Waals surface area contributed by atoms with Crippen molar-refractivity contribution in [2.24, 2.45) is 0 Å². The number of amides is 2. The number of aryl methyl sites for hydroxylation is 1. The zero-order valence-electron chi connectivity index (χ0n) is 12.8. The molecule has 0 aliphatic carbocycles. The van der Waals surface area contributed by atoms with Crippen LogP contribution in [0.25, 0.3) is 0 Å². The van der Waals surface area contributed by atoms with Crippen LogP contribution < -0.4 is 10.2 Å². The number of halogens is 1. The Hall–Kier alpha value is -2.14. The van der Waals surface area contributed by atoms with Gasteiger partial charge in [-0.25, -0.2) is 4.90 Å². The maximum absolute atomic E-state index is 12.6. The Balaban J connectivity index is 1.79. The molecule has 23 heavy (non-hydrogen) atoms. The van der Waals surface area contributed by atoms with Crippen molar-refractivity contribution in [1.29, 1.82) is 0 Å². The van der Waals surface area contributed by atoms with Crippen molar-refractivity contribution in [3.63, 3.8) is 0 Å². The Morgan fingerprint density at radius 1 is 1.17 bits per heavy atom. The van der Waals surface area contributed by atoms with Gasteiger partial charge in [-0.3, -0.25) is 9.59 Å². The summed E-state index contributed by atoms with van der Waals surface area (Å²) in [6.45, 7) is 2.08. The molecule has 1 aliphatic rings. The van der Waals surface area contributed by atoms with Crippen molar-refractivity contribution in [1.82, 2.24) is 0 Å². The summed E-state index contributed by atoms with van der Waals surface area (Å²) in [4.78, 5) is 26.1. The predicted octanol–water partition coefficient (Wildman–Crippen LogP) is 3.76. The third-order valence-electron chi connectivity index (χ3n) is 3.91. The average Bonchev–Trinajstić information content (AvgIpc) is 2.83. The van der Waals surface area contributed by atoms with Gasteiger partial charge in [-0.05, 0) is 48.4 Å². The lowest BCUT2D eigenvalue weighted by atomic mass is 10.1. The van der Waals surface area contributed by atoms with Crippen LogP contribution in [0.3, 0.4) is 0 Å². The van der Waals surface area contributed by atoms with E-state index in [1.807, 2.05) is 36.4 Å². The van der Waals surface area contributed by atoms with E-state index in [1.165, 1.54) is 10.5 Å². The van der Waals surface area contributed by atoms with E-state index in [2.05, 4.69) is 28.2 Å². The fourth-order valence-electron chi connectivity index (χ4n) is 2.69. The van der Waals surface area contributed by atoms with Crippen molar-refractivity contribution in [2.45, 2.75) is 25.8 Å². The van der Waals surface area contributed by atoms with Gasteiger partial charge in [-0.15, -0.1) is 0 Å². The molecule has 0 aromatic heterocycles. The van der Waals surface area contributed by atoms with Crippen LogP contribution in [0.1, 0.15) is 18.9 Å². The quantitative estimate of drug-likeness (QED) is 0.831. The number of nitrogens with one attached hydrogen (secondary N) is 1. The number of carbonyl (C=O) groups excluding carboxylic acids is 2. The first-order valence-electron chi connectivity index (χ1n) is 7.56. The topological polar surface area (TPSA) is 49.4 Å². The predicted molar refractivity (Wildman–Crippen MR) is 94.5 cm³/mol. The van der Waals surface area contributed by atoms with E-state index in [0.29, 0.717) is 5.69 Å². The third kappa shape index (κ3) is 3.29. The molecule has 1 unspecified atom stereocenters. The largest absolute Gasteiger partial charge is 0.373 e. The maximum atomic E-state index is 12.6. The van der Waals surface area contributed by atoms with Crippen LogP contribution in [-0.2, 0) is 16.0 Å². The molecule has 3 rings (SSSR count). The summed E-state index contributed by atoms with van der Waals surface area (Å²) >= 11 is 3.35. The summed E-state index contributed by atoms with van der Waals surface area (Å²) in [6, 6.07) is 14.6. The molecule has 1 aliphatic heterocycles. The van der Waals surface area contributed by atoms with Gasteiger partial charge in [0, 0.05) is 10.2 Å². The van der Waals surface area contributed by atoms with Gasteiger partial charge in [0.1, 0.15) is 6.04 Å². The van der Waals surface area contributed by atoms with Crippen molar-refractivity contribution < 1.29 is 9.59 Å². The fourth-order valence-corrected chi connectivity index (χ4v) is 2.95. The van der Waals surface area contributed by atoms with Crippen LogP contribution in [0.4, 0.5) is 11.4 Å². The number of rotatable bonds is 4. The van der Waals surface area contributed by atoms with Crippen molar-refractivity contribution in [3.8, 4) is 0 Å². The van der Waals surface area contributed by atoms with Gasteiger partial charge in [0.05, 0.1) is 12.1 Å². The Bertz CT molecular complexity index is 743. The molecular formula is C18H17BrN2O2. The zero-order valence-corrected chi connectivity index (χ0v) is 14.3. The molecule has 4 nitrogen and oxygen atoms in total. The molecule has 118 valence electrons. The van der Waals surface area contributed by atoms with Crippen LogP contribution in [0.5, 0.6) is 0 Å². The first-order valence-corrected chi connectivity index (χ1v) is 8.35. The van der Waals surface area contributed by atoms with E-state index in [9.17, 15) is 9.59 Å². The lowest BCUT2D eigenvalue weighted by Crippen LogP contribution is -2.34. The maximum Gasteiger partial charge on any atom is 0.256 e. The summed E-state index contributed by atoms with van der Waals surface area (Å²) in [5.41, 5.74) is 2.67. The summed E-state index contributed by atoms with van der Waals surface area (Å²) in [7, 11) is 0. The number of benzene rings is 2. The second-order valence-corrected chi connectivity index (χ2v) is 6.41. The highest BCUT2D eigenvalue weighted by molar-refractivity contribution is 9.10. The van der Waals surface area contributed by atoms with Gasteiger partial charge in [0.25, 0.3) is 5.91 Å². The van der Waals surface area contributed by atoms with Crippen molar-refractivity contribution in [3.05, 3.63) is 58.6 Å². The van der Waals surface area contributed by atoms with Gasteiger partial charge in [0.15, 0.2) is 0 Å². The Kier molecular flexibility index (Phi) is 4.48. The molecule has 0 radical (unpaired) electrons. The van der Waals surface area contributed by atoms with Crippen molar-refractivity contribution >= 4 is 39.1 Å². The van der Waals surface area contributed by atoms with Gasteiger partial charge in [-0.1, -0.05) is 35.0 Å². The summed E-state index contributed by atoms with van der Waals surface area (Å²) in [6.07, 6.45) is 1.10. The highest BCUT2D eigenvalue weighted by Gasteiger charge is 2.39. The number of nitrogens with zero attached hydrogens (tertiary/aromatic N) is 1. The molecule has 1 fully saturated rings. The van der Waals surface area contributed by atoms with Crippen LogP contribution in [-0.4, -0.2) is 17.9 Å². The molecule has 1 saturated heterocycles. The van der Waals surface area contributed by atoms with E-state index < -0.39 is 6.04 Å². The molecule has 2 aromatic rings. The molecule has 1 N–H and O–H groups in total. The first kappa shape index (κ1) is 15.7. The Morgan fingerprint density at radius 3 is 2.61 bits per heavy atom. The monoisotopic (exact) mass is 372 g/mol. The lowest BCUT2D eigenvalue weighted by Gasteiger charge is -2.16. The number of anilines is 2. The SMILES string of the molecule is CCc1cccc(NC2CC(=O)N(c3ccc(Br)cc3)C2=O)c1. The van der Waals surface area contributed by atoms with E-state index in [0.717, 1.165) is 16.6 Å². The van der Waals surface area contributed by atoms with E-state index >= 15 is 0 Å². The molecule has 1 heterocycles. The normalized spacial score (nSPS) is 17.7. The third-order valence-corrected chi connectivity index (χ3v) is 4.44. The minimum absolute atomic E-state index is 0.172. The second kappa shape index (κ2) is 6.54. The Labute approximate surface area is 143 Å². The number of imide groups is 1. The second-order valence-electron chi connectivity index (χ2n) is 5.50. The molecule has 5 heteroatoms. The molecular weight excluding hydrogens is 356 g/mol. The van der Waals surface area contributed by atoms with E-state index in [1.54, 1.807) is 12.1 Å². The first-order chi connectivity index (χ1) is 11.1. The number of hydrogen-bond donors (Lipinski definition) is 1. The van der Waals surface area contributed by atoms with Crippen LogP contribution in [0.15, 0.2) is 53.0 Å². The summed E-state index contributed by atoms with van der Waals surface area (Å²) in [5.74, 6) is -0.388. The number of carbonyl (C=O) groups is 2. The zero-order chi connectivity index (χ0) is 16.4. The molecule has 1 atom stereocenters. The minimum atomic E-state index is -0.516. The van der Waals surface area contributed by atoms with Gasteiger partial charge in [-0.2, -0.15) is 0 Å². The van der Waals surface area contributed by atoms with Crippen LogP contribution >= 0.6 is 15.9 Å². The van der Waals surface area contributed by atoms with Gasteiger partial charge in [0.2, 0.25) is 5.91 Å². The molecule has 2 aromatic carbocycles. The summed E-state index contributed by atoms with van der Waals surface area (Å²) in [5, 5.41) is 3.19. The van der Waals surface area contributed by atoms with Gasteiger partial charge < -0.3 is 5.32 Å². The van der Waals surface area contributed by atoms with Crippen LogP contribution in [0, 0.1) is 0 Å². The molecule has 0 spiro atoms. The lowest BCUT2D eigenvalue weighted by molar-refractivity contribution is -0.121. The minimum Gasteiger partial charge on any atom is -0.373 e. The van der Waals surface area contributed by atoms with E-state index in [-0.39, 0.29) is 18.2 Å². The summed E-state index contributed by atoms with van der Waals surface area (Å²) < 4.78 is 0.909. The smallest absolute Gasteiger partial charge is 0.256 e. The Morgan fingerprint density at radius 2 is 1.91 bits per heavy atom. The number of hydrogen-bond acceptors (Lipinski definition) is 3. The highest BCUT2D eigenvalue weighted by atomic mass is 79.9. The van der Waals surface area contributed by atoms with E-state index in [4.69, 9.17) is 0 Å². The molecule has 2 amide bonds. The highest BCUT2D eigenvalue weighted by Crippen LogP contribution is 2.26. The molecule has 0 saturated carbocycles. The standard InChI is InChI=1S/C18H17BrN2O2/c1-2-12-4-3-5-14(10-12)20-16-11-17(22)21(18(16)23)15-8-6-13(19)7-9-15/h3-10,16,20H,2,11H2,1H3. The average molecular weight is 373 g/mol. The van der Waals surface area contributed by atoms with Crippen molar-refractivity contribution in [2.75, 3.05) is 10.2 Å². The van der Waals surface area contributed by atoms with Gasteiger partial charge >= 0.3 is 0 Å². The van der Waals surface area contributed by atoms with Crippen LogP contribution in [0.2, 0.25) is 0 Å². The molecule has 0 bridgehead atoms.